The van der Waals surface area contributed by atoms with E-state index in [4.69, 9.17) is 28.3 Å². The van der Waals surface area contributed by atoms with Crippen LogP contribution in [-0.2, 0) is 0 Å². The lowest BCUT2D eigenvalue weighted by molar-refractivity contribution is 0.0686. The highest BCUT2D eigenvalue weighted by Gasteiger charge is 2.20. The molecule has 0 atom stereocenters. The van der Waals surface area contributed by atoms with Crippen molar-refractivity contribution in [1.82, 2.24) is 19.9 Å². The minimum Gasteiger partial charge on any atom is -0.477 e. The largest absolute Gasteiger partial charge is 0.477 e. The normalized spacial score (nSPS) is 10.2. The molecule has 0 bridgehead atoms. The van der Waals surface area contributed by atoms with Crippen LogP contribution in [0.2, 0.25) is 10.4 Å². The van der Waals surface area contributed by atoms with Gasteiger partial charge in [0.2, 0.25) is 5.28 Å². The Balaban J connectivity index is 2.25. The van der Waals surface area contributed by atoms with Crippen LogP contribution in [0, 0.1) is 0 Å². The van der Waals surface area contributed by atoms with Gasteiger partial charge in [0, 0.05) is 6.07 Å². The predicted molar refractivity (Wildman–Crippen MR) is 65.6 cm³/mol. The minimum atomic E-state index is -1.30. The van der Waals surface area contributed by atoms with Gasteiger partial charge in [-0.25, -0.2) is 19.7 Å². The number of amides is 1. The molecule has 2 aromatic rings. The van der Waals surface area contributed by atoms with E-state index in [0.717, 1.165) is 6.33 Å². The summed E-state index contributed by atoms with van der Waals surface area (Å²) in [6, 6.07) is 1.26. The zero-order valence-electron chi connectivity index (χ0n) is 9.02. The Morgan fingerprint density at radius 3 is 2.68 bits per heavy atom. The van der Waals surface area contributed by atoms with Crippen molar-refractivity contribution in [1.29, 1.82) is 0 Å². The molecule has 0 aliphatic heterocycles. The molecule has 98 valence electrons. The van der Waals surface area contributed by atoms with Crippen LogP contribution in [0.1, 0.15) is 21.0 Å². The molecule has 1 amide bonds. The lowest BCUT2D eigenvalue weighted by atomic mass is 10.3. The molecule has 0 aliphatic rings. The first kappa shape index (κ1) is 13.2. The Hall–Kier alpha value is -2.19. The third-order valence-electron chi connectivity index (χ3n) is 1.98. The van der Waals surface area contributed by atoms with Gasteiger partial charge in [-0.2, -0.15) is 0 Å². The van der Waals surface area contributed by atoms with E-state index in [-0.39, 0.29) is 27.6 Å². The summed E-state index contributed by atoms with van der Waals surface area (Å²) in [5.41, 5.74) is -0.609. The number of hydrogen-bond acceptors (Lipinski definition) is 5. The molecule has 2 rings (SSSR count). The number of anilines is 1. The number of aromatic carboxylic acids is 1. The highest BCUT2D eigenvalue weighted by Crippen LogP contribution is 2.15. The quantitative estimate of drug-likeness (QED) is 0.583. The Morgan fingerprint density at radius 1 is 1.32 bits per heavy atom. The van der Waals surface area contributed by atoms with E-state index < -0.39 is 11.9 Å². The van der Waals surface area contributed by atoms with Gasteiger partial charge in [-0.1, -0.05) is 11.6 Å². The number of carbonyl (C=O) groups is 2. The molecule has 8 nitrogen and oxygen atoms in total. The number of carboxylic acids is 1. The summed E-state index contributed by atoms with van der Waals surface area (Å²) in [7, 11) is 0. The highest BCUT2D eigenvalue weighted by atomic mass is 35.5. The molecule has 0 aromatic carbocycles. The molecule has 0 fully saturated rings. The maximum atomic E-state index is 11.8. The van der Waals surface area contributed by atoms with Crippen LogP contribution in [0.4, 0.5) is 5.82 Å². The van der Waals surface area contributed by atoms with Crippen molar-refractivity contribution in [2.75, 3.05) is 5.32 Å². The van der Waals surface area contributed by atoms with E-state index in [2.05, 4.69) is 25.3 Å². The number of hydrogen-bond donors (Lipinski definition) is 3. The molecule has 2 heterocycles. The van der Waals surface area contributed by atoms with Crippen LogP contribution in [0.15, 0.2) is 12.4 Å². The molecule has 0 radical (unpaired) electrons. The zero-order valence-corrected chi connectivity index (χ0v) is 10.5. The van der Waals surface area contributed by atoms with Gasteiger partial charge in [-0.05, 0) is 11.6 Å². The van der Waals surface area contributed by atoms with Crippen molar-refractivity contribution in [2.24, 2.45) is 0 Å². The number of nitrogens with one attached hydrogen (secondary N) is 2. The maximum Gasteiger partial charge on any atom is 0.354 e. The van der Waals surface area contributed by atoms with Gasteiger partial charge in [0.25, 0.3) is 5.91 Å². The summed E-state index contributed by atoms with van der Waals surface area (Å²) >= 11 is 11.2. The number of rotatable bonds is 3. The predicted octanol–water partition coefficient (Wildman–Crippen LogP) is 1.46. The van der Waals surface area contributed by atoms with E-state index in [1.54, 1.807) is 0 Å². The van der Waals surface area contributed by atoms with Crippen LogP contribution in [0.3, 0.4) is 0 Å². The van der Waals surface area contributed by atoms with Gasteiger partial charge >= 0.3 is 5.97 Å². The zero-order chi connectivity index (χ0) is 14.0. The number of aromatic amines is 1. The molecular formula is C9H5Cl2N5O3. The van der Waals surface area contributed by atoms with Crippen LogP contribution in [-0.4, -0.2) is 36.9 Å². The fourth-order valence-electron chi connectivity index (χ4n) is 1.26. The first-order valence-corrected chi connectivity index (χ1v) is 5.51. The fourth-order valence-corrected chi connectivity index (χ4v) is 1.67. The van der Waals surface area contributed by atoms with Crippen LogP contribution < -0.4 is 5.32 Å². The van der Waals surface area contributed by atoms with Gasteiger partial charge in [0.1, 0.15) is 11.0 Å². The summed E-state index contributed by atoms with van der Waals surface area (Å²) in [6.07, 6.45) is 1.10. The summed E-state index contributed by atoms with van der Waals surface area (Å²) in [4.78, 5) is 35.9. The van der Waals surface area contributed by atoms with Gasteiger partial charge in [0.05, 0.1) is 6.33 Å². The third-order valence-corrected chi connectivity index (χ3v) is 2.34. The smallest absolute Gasteiger partial charge is 0.354 e. The number of aromatic nitrogens is 4. The summed E-state index contributed by atoms with van der Waals surface area (Å²) < 4.78 is 0. The van der Waals surface area contributed by atoms with Crippen LogP contribution in [0.5, 0.6) is 0 Å². The van der Waals surface area contributed by atoms with Crippen LogP contribution >= 0.6 is 23.2 Å². The Kier molecular flexibility index (Phi) is 3.63. The second kappa shape index (κ2) is 5.21. The summed E-state index contributed by atoms with van der Waals surface area (Å²) in [6.45, 7) is 0. The molecule has 2 aromatic heterocycles. The van der Waals surface area contributed by atoms with Gasteiger partial charge in [0.15, 0.2) is 11.4 Å². The number of H-pyrrole nitrogens is 1. The molecular weight excluding hydrogens is 297 g/mol. The molecule has 0 aliphatic carbocycles. The Morgan fingerprint density at radius 2 is 2.05 bits per heavy atom. The van der Waals surface area contributed by atoms with Crippen molar-refractivity contribution in [2.45, 2.75) is 0 Å². The first-order valence-electron chi connectivity index (χ1n) is 4.75. The molecule has 0 saturated carbocycles. The number of halogens is 2. The minimum absolute atomic E-state index is 0.0364. The molecule has 0 saturated heterocycles. The molecule has 0 spiro atoms. The maximum absolute atomic E-state index is 11.8. The number of carboxylic acid groups (broad SMARTS) is 1. The van der Waals surface area contributed by atoms with Crippen molar-refractivity contribution < 1.29 is 14.7 Å². The number of carbonyl (C=O) groups excluding carboxylic acids is 1. The van der Waals surface area contributed by atoms with Crippen molar-refractivity contribution in [3.63, 3.8) is 0 Å². The van der Waals surface area contributed by atoms with Gasteiger partial charge in [-0.3, -0.25) is 4.79 Å². The lowest BCUT2D eigenvalue weighted by Crippen LogP contribution is -2.17. The van der Waals surface area contributed by atoms with E-state index in [1.807, 2.05) is 0 Å². The number of nitrogens with zero attached hydrogens (tertiary/aromatic N) is 3. The fraction of sp³-hybridized carbons (Fsp3) is 0. The van der Waals surface area contributed by atoms with Crippen molar-refractivity contribution >= 4 is 40.9 Å². The van der Waals surface area contributed by atoms with Crippen molar-refractivity contribution in [3.8, 4) is 0 Å². The van der Waals surface area contributed by atoms with E-state index in [9.17, 15) is 9.59 Å². The van der Waals surface area contributed by atoms with E-state index in [1.165, 1.54) is 6.07 Å². The van der Waals surface area contributed by atoms with Crippen LogP contribution in [0.25, 0.3) is 0 Å². The van der Waals surface area contributed by atoms with E-state index >= 15 is 0 Å². The van der Waals surface area contributed by atoms with Gasteiger partial charge < -0.3 is 15.4 Å². The molecule has 0 unspecified atom stereocenters. The standard InChI is InChI=1S/C9H5Cl2N5O3/c10-3-1-4(16-9(11)14-3)15-7(17)5-6(8(18)19)13-2-12-5/h1-2H,(H,12,13)(H,18,19)(H,14,15,16,17). The van der Waals surface area contributed by atoms with Crippen molar-refractivity contribution in [3.05, 3.63) is 34.2 Å². The molecule has 10 heteroatoms. The molecule has 19 heavy (non-hydrogen) atoms. The highest BCUT2D eigenvalue weighted by molar-refractivity contribution is 6.32. The van der Waals surface area contributed by atoms with E-state index in [0.29, 0.717) is 0 Å². The SMILES string of the molecule is O=C(Nc1cc(Cl)nc(Cl)n1)c1nc[nH]c1C(=O)O. The second-order valence-electron chi connectivity index (χ2n) is 3.23. The third kappa shape index (κ3) is 2.98. The first-order chi connectivity index (χ1) is 8.97. The van der Waals surface area contributed by atoms with Gasteiger partial charge in [-0.15, -0.1) is 0 Å². The Bertz CT molecular complexity index is 637. The lowest BCUT2D eigenvalue weighted by Gasteiger charge is -2.03. The monoisotopic (exact) mass is 301 g/mol. The second-order valence-corrected chi connectivity index (χ2v) is 3.96. The average molecular weight is 302 g/mol. The number of imidazole rings is 1. The summed E-state index contributed by atoms with van der Waals surface area (Å²) in [5.74, 6) is -2.03. The Labute approximate surface area is 115 Å². The molecule has 3 N–H and O–H groups in total. The topological polar surface area (TPSA) is 121 Å². The average Bonchev–Trinajstić information content (AvgIpc) is 2.75. The summed E-state index contributed by atoms with van der Waals surface area (Å²) in [5, 5.41) is 11.0.